The van der Waals surface area contributed by atoms with Crippen LogP contribution in [0.4, 0.5) is 0 Å². The molecule has 1 rings (SSSR count). The zero-order chi connectivity index (χ0) is 10.9. The van der Waals surface area contributed by atoms with Gasteiger partial charge in [0, 0.05) is 13.2 Å². The molecule has 1 fully saturated rings. The summed E-state index contributed by atoms with van der Waals surface area (Å²) in [6.07, 6.45) is 5.08. The summed E-state index contributed by atoms with van der Waals surface area (Å²) in [5, 5.41) is 5.88. The number of nitrogens with one attached hydrogen (secondary N) is 2. The van der Waals surface area contributed by atoms with Gasteiger partial charge in [-0.2, -0.15) is 0 Å². The van der Waals surface area contributed by atoms with Crippen LogP contribution in [0.15, 0.2) is 0 Å². The first-order valence-corrected chi connectivity index (χ1v) is 5.92. The second-order valence-corrected chi connectivity index (χ2v) is 3.91. The summed E-state index contributed by atoms with van der Waals surface area (Å²) in [6.45, 7) is 4.89. The van der Waals surface area contributed by atoms with Crippen LogP contribution in [-0.2, 0) is 9.53 Å². The average molecular weight is 214 g/mol. The van der Waals surface area contributed by atoms with Crippen molar-refractivity contribution >= 4 is 5.91 Å². The predicted octanol–water partition coefficient (Wildman–Crippen LogP) is 0.671. The number of amides is 1. The molecule has 4 nitrogen and oxygen atoms in total. The van der Waals surface area contributed by atoms with Crippen molar-refractivity contribution in [3.8, 4) is 0 Å². The highest BCUT2D eigenvalue weighted by atomic mass is 16.5. The van der Waals surface area contributed by atoms with Crippen LogP contribution in [0, 0.1) is 0 Å². The molecule has 0 aliphatic carbocycles. The fourth-order valence-corrected chi connectivity index (χ4v) is 1.79. The summed E-state index contributed by atoms with van der Waals surface area (Å²) in [6, 6.07) is 0. The van der Waals surface area contributed by atoms with Gasteiger partial charge in [-0.05, 0) is 39.2 Å². The fourth-order valence-electron chi connectivity index (χ4n) is 1.79. The van der Waals surface area contributed by atoms with Gasteiger partial charge in [0.05, 0.1) is 12.6 Å². The summed E-state index contributed by atoms with van der Waals surface area (Å²) >= 11 is 0. The molecular weight excluding hydrogens is 192 g/mol. The maximum absolute atomic E-state index is 11.1. The third-order valence-corrected chi connectivity index (χ3v) is 2.56. The van der Waals surface area contributed by atoms with Crippen molar-refractivity contribution in [1.82, 2.24) is 10.6 Å². The predicted molar refractivity (Wildman–Crippen MR) is 59.8 cm³/mol. The van der Waals surface area contributed by atoms with E-state index in [1.807, 2.05) is 6.92 Å². The van der Waals surface area contributed by atoms with E-state index >= 15 is 0 Å². The van der Waals surface area contributed by atoms with Gasteiger partial charge in [-0.25, -0.2) is 0 Å². The molecule has 2 N–H and O–H groups in total. The van der Waals surface area contributed by atoms with Crippen LogP contribution in [0.5, 0.6) is 0 Å². The van der Waals surface area contributed by atoms with Crippen LogP contribution in [0.1, 0.15) is 32.6 Å². The number of carbonyl (C=O) groups excluding carboxylic acids is 1. The molecule has 0 aromatic rings. The number of rotatable bonds is 7. The topological polar surface area (TPSA) is 50.4 Å². The highest BCUT2D eigenvalue weighted by Gasteiger charge is 2.14. The van der Waals surface area contributed by atoms with Gasteiger partial charge >= 0.3 is 0 Å². The minimum Gasteiger partial charge on any atom is -0.378 e. The van der Waals surface area contributed by atoms with Gasteiger partial charge in [0.1, 0.15) is 0 Å². The Hall–Kier alpha value is -0.610. The third-order valence-electron chi connectivity index (χ3n) is 2.56. The first kappa shape index (κ1) is 12.5. The summed E-state index contributed by atoms with van der Waals surface area (Å²) in [7, 11) is 0. The van der Waals surface area contributed by atoms with E-state index in [1.165, 1.54) is 12.8 Å². The standard InChI is InChI=1S/C11H22N2O2/c1-2-13-11(14)9-12-7-3-5-10-6-4-8-15-10/h10,12H,2-9H2,1H3,(H,13,14). The van der Waals surface area contributed by atoms with Crippen LogP contribution in [0.2, 0.25) is 0 Å². The van der Waals surface area contributed by atoms with E-state index in [0.29, 0.717) is 19.2 Å². The van der Waals surface area contributed by atoms with Gasteiger partial charge in [-0.15, -0.1) is 0 Å². The van der Waals surface area contributed by atoms with E-state index < -0.39 is 0 Å². The Labute approximate surface area is 91.8 Å². The van der Waals surface area contributed by atoms with E-state index in [1.54, 1.807) is 0 Å². The molecule has 1 heterocycles. The summed E-state index contributed by atoms with van der Waals surface area (Å²) in [4.78, 5) is 11.1. The summed E-state index contributed by atoms with van der Waals surface area (Å²) in [5.74, 6) is 0.0783. The minimum atomic E-state index is 0.0783. The van der Waals surface area contributed by atoms with Gasteiger partial charge in [-0.3, -0.25) is 4.79 Å². The van der Waals surface area contributed by atoms with Crippen molar-refractivity contribution in [3.05, 3.63) is 0 Å². The molecule has 1 atom stereocenters. The number of hydrogen-bond donors (Lipinski definition) is 2. The molecule has 0 aromatic heterocycles. The molecule has 1 amide bonds. The van der Waals surface area contributed by atoms with Crippen molar-refractivity contribution in [2.75, 3.05) is 26.2 Å². The van der Waals surface area contributed by atoms with Crippen LogP contribution >= 0.6 is 0 Å². The lowest BCUT2D eigenvalue weighted by molar-refractivity contribution is -0.120. The van der Waals surface area contributed by atoms with E-state index in [9.17, 15) is 4.79 Å². The molecule has 1 aliphatic heterocycles. The Balaban J connectivity index is 1.86. The Kier molecular flexibility index (Phi) is 6.36. The molecule has 4 heteroatoms. The lowest BCUT2D eigenvalue weighted by Crippen LogP contribution is -2.34. The van der Waals surface area contributed by atoms with Crippen LogP contribution in [-0.4, -0.2) is 38.3 Å². The maximum atomic E-state index is 11.1. The summed E-state index contributed by atoms with van der Waals surface area (Å²) in [5.41, 5.74) is 0. The van der Waals surface area contributed by atoms with E-state index in [4.69, 9.17) is 4.74 Å². The molecule has 88 valence electrons. The lowest BCUT2D eigenvalue weighted by Gasteiger charge is -2.09. The van der Waals surface area contributed by atoms with Crippen molar-refractivity contribution in [1.29, 1.82) is 0 Å². The molecule has 1 saturated heterocycles. The number of ether oxygens (including phenoxy) is 1. The highest BCUT2D eigenvalue weighted by Crippen LogP contribution is 2.16. The van der Waals surface area contributed by atoms with Gasteiger partial charge in [0.2, 0.25) is 5.91 Å². The smallest absolute Gasteiger partial charge is 0.233 e. The molecule has 15 heavy (non-hydrogen) atoms. The largest absolute Gasteiger partial charge is 0.378 e. The zero-order valence-corrected chi connectivity index (χ0v) is 9.55. The number of hydrogen-bond acceptors (Lipinski definition) is 3. The van der Waals surface area contributed by atoms with Crippen LogP contribution in [0.3, 0.4) is 0 Å². The van der Waals surface area contributed by atoms with Crippen molar-refractivity contribution in [3.63, 3.8) is 0 Å². The molecule has 1 aliphatic rings. The van der Waals surface area contributed by atoms with E-state index in [2.05, 4.69) is 10.6 Å². The lowest BCUT2D eigenvalue weighted by atomic mass is 10.1. The number of likely N-dealkylation sites (N-methyl/N-ethyl adjacent to an activating group) is 1. The Morgan fingerprint density at radius 2 is 2.40 bits per heavy atom. The first-order valence-electron chi connectivity index (χ1n) is 5.92. The Morgan fingerprint density at radius 1 is 1.53 bits per heavy atom. The van der Waals surface area contributed by atoms with Gasteiger partial charge in [0.25, 0.3) is 0 Å². The van der Waals surface area contributed by atoms with E-state index in [-0.39, 0.29) is 5.91 Å². The van der Waals surface area contributed by atoms with Crippen LogP contribution in [0.25, 0.3) is 0 Å². The molecule has 0 bridgehead atoms. The summed E-state index contributed by atoms with van der Waals surface area (Å²) < 4.78 is 5.51. The quantitative estimate of drug-likeness (QED) is 0.612. The Morgan fingerprint density at radius 3 is 3.07 bits per heavy atom. The Bertz CT molecular complexity index is 179. The highest BCUT2D eigenvalue weighted by molar-refractivity contribution is 5.77. The average Bonchev–Trinajstić information content (AvgIpc) is 2.70. The van der Waals surface area contributed by atoms with Gasteiger partial charge in [0.15, 0.2) is 0 Å². The van der Waals surface area contributed by atoms with Crippen LogP contribution < -0.4 is 10.6 Å². The number of carbonyl (C=O) groups is 1. The molecular formula is C11H22N2O2. The van der Waals surface area contributed by atoms with Gasteiger partial charge < -0.3 is 15.4 Å². The second kappa shape index (κ2) is 7.65. The minimum absolute atomic E-state index is 0.0783. The van der Waals surface area contributed by atoms with Crippen molar-refractivity contribution in [2.24, 2.45) is 0 Å². The monoisotopic (exact) mass is 214 g/mol. The molecule has 1 unspecified atom stereocenters. The van der Waals surface area contributed by atoms with Crippen molar-refractivity contribution in [2.45, 2.75) is 38.7 Å². The van der Waals surface area contributed by atoms with Gasteiger partial charge in [-0.1, -0.05) is 0 Å². The zero-order valence-electron chi connectivity index (χ0n) is 9.55. The SMILES string of the molecule is CCNC(=O)CNCCCC1CCCO1. The molecule has 0 radical (unpaired) electrons. The third kappa shape index (κ3) is 5.74. The molecule has 0 spiro atoms. The fraction of sp³-hybridized carbons (Fsp3) is 0.909. The van der Waals surface area contributed by atoms with E-state index in [0.717, 1.165) is 26.0 Å². The van der Waals surface area contributed by atoms with Crippen molar-refractivity contribution < 1.29 is 9.53 Å². The first-order chi connectivity index (χ1) is 7.33. The molecule has 0 saturated carbocycles. The normalized spacial score (nSPS) is 20.5. The molecule has 0 aromatic carbocycles. The maximum Gasteiger partial charge on any atom is 0.233 e. The second-order valence-electron chi connectivity index (χ2n) is 3.91.